The number of halogens is 4. The number of allylic oxidation sites excluding steroid dienone is 2. The van der Waals surface area contributed by atoms with Crippen molar-refractivity contribution in [3.8, 4) is 0 Å². The molecule has 0 spiro atoms. The molecule has 0 amide bonds. The molecule has 2 aromatic rings. The normalized spacial score (nSPS) is 17.1. The summed E-state index contributed by atoms with van der Waals surface area (Å²) in [6, 6.07) is 6.26. The van der Waals surface area contributed by atoms with Crippen molar-refractivity contribution in [3.05, 3.63) is 81.9 Å². The summed E-state index contributed by atoms with van der Waals surface area (Å²) in [5, 5.41) is 0. The van der Waals surface area contributed by atoms with E-state index in [-0.39, 0.29) is 23.7 Å². The van der Waals surface area contributed by atoms with Gasteiger partial charge in [-0.25, -0.2) is 17.6 Å². The lowest BCUT2D eigenvalue weighted by Gasteiger charge is -2.26. The van der Waals surface area contributed by atoms with Crippen LogP contribution in [0.3, 0.4) is 0 Å². The topological polar surface area (TPSA) is 0 Å². The maximum Gasteiger partial charge on any atom is 0.194 e. The van der Waals surface area contributed by atoms with Crippen molar-refractivity contribution in [3.63, 3.8) is 0 Å². The van der Waals surface area contributed by atoms with Crippen molar-refractivity contribution in [1.82, 2.24) is 0 Å². The minimum atomic E-state index is -1.42. The SMILES string of the molecule is C/C=C/CCc1ccc(C2CCc3c(cc(F)c(F)c3F)C2)c(F)c1. The highest BCUT2D eigenvalue weighted by Gasteiger charge is 2.27. The zero-order valence-corrected chi connectivity index (χ0v) is 14.1. The average molecular weight is 348 g/mol. The summed E-state index contributed by atoms with van der Waals surface area (Å²) in [6.45, 7) is 1.95. The van der Waals surface area contributed by atoms with Crippen LogP contribution in [0.4, 0.5) is 17.6 Å². The molecule has 0 aliphatic heterocycles. The van der Waals surface area contributed by atoms with E-state index in [1.54, 1.807) is 12.1 Å². The fourth-order valence-corrected chi connectivity index (χ4v) is 3.56. The molecule has 132 valence electrons. The van der Waals surface area contributed by atoms with Crippen LogP contribution in [-0.2, 0) is 19.3 Å². The van der Waals surface area contributed by atoms with Crippen LogP contribution < -0.4 is 0 Å². The number of fused-ring (bicyclic) bond motifs is 1. The zero-order valence-electron chi connectivity index (χ0n) is 14.1. The van der Waals surface area contributed by atoms with E-state index in [9.17, 15) is 17.6 Å². The molecule has 1 unspecified atom stereocenters. The third kappa shape index (κ3) is 3.63. The Kier molecular flexibility index (Phi) is 5.26. The van der Waals surface area contributed by atoms with Gasteiger partial charge in [-0.1, -0.05) is 24.3 Å². The van der Waals surface area contributed by atoms with E-state index >= 15 is 0 Å². The standard InChI is InChI=1S/C21H20F4/c1-2-3-4-5-13-6-8-16(18(22)10-13)14-7-9-17-15(11-14)12-19(23)21(25)20(17)24/h2-3,6,8,10,12,14H,4-5,7,9,11H2,1H3/b3-2+. The first-order valence-corrected chi connectivity index (χ1v) is 8.56. The summed E-state index contributed by atoms with van der Waals surface area (Å²) in [5.74, 6) is -4.14. The third-order valence-corrected chi connectivity index (χ3v) is 4.91. The summed E-state index contributed by atoms with van der Waals surface area (Å²) < 4.78 is 55.2. The van der Waals surface area contributed by atoms with Crippen molar-refractivity contribution in [1.29, 1.82) is 0 Å². The molecule has 3 rings (SSSR count). The van der Waals surface area contributed by atoms with Gasteiger partial charge in [0.15, 0.2) is 17.5 Å². The van der Waals surface area contributed by atoms with Gasteiger partial charge >= 0.3 is 0 Å². The van der Waals surface area contributed by atoms with E-state index in [0.29, 0.717) is 24.0 Å². The number of benzene rings is 2. The summed E-state index contributed by atoms with van der Waals surface area (Å²) in [6.07, 6.45) is 6.74. The molecule has 1 aliphatic carbocycles. The van der Waals surface area contributed by atoms with Crippen LogP contribution in [0.15, 0.2) is 36.4 Å². The van der Waals surface area contributed by atoms with Gasteiger partial charge in [0, 0.05) is 0 Å². The van der Waals surface area contributed by atoms with E-state index in [4.69, 9.17) is 0 Å². The fraction of sp³-hybridized carbons (Fsp3) is 0.333. The van der Waals surface area contributed by atoms with E-state index in [0.717, 1.165) is 24.5 Å². The fourth-order valence-electron chi connectivity index (χ4n) is 3.56. The van der Waals surface area contributed by atoms with Crippen LogP contribution in [0, 0.1) is 23.3 Å². The Bertz CT molecular complexity index is 808. The molecule has 1 aliphatic rings. The highest BCUT2D eigenvalue weighted by molar-refractivity contribution is 5.37. The first-order chi connectivity index (χ1) is 12.0. The molecule has 0 N–H and O–H groups in total. The average Bonchev–Trinajstić information content (AvgIpc) is 2.60. The summed E-state index contributed by atoms with van der Waals surface area (Å²) in [7, 11) is 0. The number of rotatable bonds is 4. The summed E-state index contributed by atoms with van der Waals surface area (Å²) >= 11 is 0. The summed E-state index contributed by atoms with van der Waals surface area (Å²) in [4.78, 5) is 0. The second-order valence-corrected chi connectivity index (χ2v) is 6.53. The lowest BCUT2D eigenvalue weighted by Crippen LogP contribution is -2.17. The Labute approximate surface area is 145 Å². The third-order valence-electron chi connectivity index (χ3n) is 4.91. The molecule has 0 heterocycles. The molecule has 0 aromatic heterocycles. The Balaban J connectivity index is 1.82. The van der Waals surface area contributed by atoms with Crippen molar-refractivity contribution >= 4 is 0 Å². The molecule has 25 heavy (non-hydrogen) atoms. The molecule has 4 heteroatoms. The lowest BCUT2D eigenvalue weighted by atomic mass is 9.79. The lowest BCUT2D eigenvalue weighted by molar-refractivity contribution is 0.427. The van der Waals surface area contributed by atoms with Gasteiger partial charge in [0.25, 0.3) is 0 Å². The van der Waals surface area contributed by atoms with Crippen molar-refractivity contribution in [2.24, 2.45) is 0 Å². The van der Waals surface area contributed by atoms with Crippen molar-refractivity contribution in [2.45, 2.75) is 44.9 Å². The van der Waals surface area contributed by atoms with Gasteiger partial charge in [-0.3, -0.25) is 0 Å². The van der Waals surface area contributed by atoms with Gasteiger partial charge in [0.2, 0.25) is 0 Å². The first-order valence-electron chi connectivity index (χ1n) is 8.56. The summed E-state index contributed by atoms with van der Waals surface area (Å²) in [5.41, 5.74) is 2.14. The van der Waals surface area contributed by atoms with E-state index in [1.807, 2.05) is 25.1 Å². The highest BCUT2D eigenvalue weighted by atomic mass is 19.2. The Morgan fingerprint density at radius 2 is 1.84 bits per heavy atom. The second kappa shape index (κ2) is 7.42. The van der Waals surface area contributed by atoms with E-state index in [1.165, 1.54) is 0 Å². The number of hydrogen-bond donors (Lipinski definition) is 0. The van der Waals surface area contributed by atoms with Gasteiger partial charge in [-0.05, 0) is 79.3 Å². The maximum atomic E-state index is 14.5. The monoisotopic (exact) mass is 348 g/mol. The smallest absolute Gasteiger partial charge is 0.194 e. The molecule has 0 bridgehead atoms. The second-order valence-electron chi connectivity index (χ2n) is 6.53. The van der Waals surface area contributed by atoms with Crippen LogP contribution in [-0.4, -0.2) is 0 Å². The minimum absolute atomic E-state index is 0.152. The van der Waals surface area contributed by atoms with Gasteiger partial charge in [-0.2, -0.15) is 0 Å². The molecule has 0 saturated heterocycles. The van der Waals surface area contributed by atoms with E-state index < -0.39 is 17.5 Å². The molecular formula is C21H20F4. The molecule has 1 atom stereocenters. The Hall–Kier alpha value is -2.10. The zero-order chi connectivity index (χ0) is 18.0. The Morgan fingerprint density at radius 1 is 1.04 bits per heavy atom. The van der Waals surface area contributed by atoms with Crippen LogP contribution in [0.1, 0.15) is 47.9 Å². The van der Waals surface area contributed by atoms with Gasteiger partial charge in [0.1, 0.15) is 5.82 Å². The van der Waals surface area contributed by atoms with Crippen molar-refractivity contribution in [2.75, 3.05) is 0 Å². The highest BCUT2D eigenvalue weighted by Crippen LogP contribution is 2.36. The van der Waals surface area contributed by atoms with E-state index in [2.05, 4.69) is 0 Å². The molecule has 0 fully saturated rings. The minimum Gasteiger partial charge on any atom is -0.207 e. The number of aryl methyl sites for hydroxylation is 1. The molecular weight excluding hydrogens is 328 g/mol. The maximum absolute atomic E-state index is 14.5. The van der Waals surface area contributed by atoms with Crippen molar-refractivity contribution < 1.29 is 17.6 Å². The van der Waals surface area contributed by atoms with Crippen LogP contribution in [0.25, 0.3) is 0 Å². The molecule has 0 radical (unpaired) electrons. The molecule has 2 aromatic carbocycles. The largest absolute Gasteiger partial charge is 0.207 e. The van der Waals surface area contributed by atoms with Gasteiger partial charge in [-0.15, -0.1) is 0 Å². The predicted molar refractivity (Wildman–Crippen MR) is 90.6 cm³/mol. The molecule has 0 saturated carbocycles. The number of hydrogen-bond acceptors (Lipinski definition) is 0. The first kappa shape index (κ1) is 17.7. The van der Waals surface area contributed by atoms with Gasteiger partial charge in [0.05, 0.1) is 0 Å². The molecule has 0 nitrogen and oxygen atoms in total. The van der Waals surface area contributed by atoms with Crippen LogP contribution in [0.5, 0.6) is 0 Å². The van der Waals surface area contributed by atoms with Gasteiger partial charge < -0.3 is 0 Å². The van der Waals surface area contributed by atoms with Crippen LogP contribution >= 0.6 is 0 Å². The Morgan fingerprint density at radius 3 is 2.56 bits per heavy atom. The quantitative estimate of drug-likeness (QED) is 0.360. The van der Waals surface area contributed by atoms with Crippen LogP contribution in [0.2, 0.25) is 0 Å². The predicted octanol–water partition coefficient (Wildman–Crippen LogP) is 6.02.